The third-order valence-electron chi connectivity index (χ3n) is 3.80. The molecule has 0 heterocycles. The number of nitro groups is 1. The highest BCUT2D eigenvalue weighted by Crippen LogP contribution is 2.25. The van der Waals surface area contributed by atoms with Gasteiger partial charge in [0.15, 0.2) is 0 Å². The first-order valence-electron chi connectivity index (χ1n) is 7.69. The van der Waals surface area contributed by atoms with Gasteiger partial charge >= 0.3 is 0 Å². The van der Waals surface area contributed by atoms with E-state index in [0.717, 1.165) is 21.2 Å². The lowest BCUT2D eigenvalue weighted by molar-refractivity contribution is -0.384. The Balaban J connectivity index is 1.66. The van der Waals surface area contributed by atoms with Gasteiger partial charge in [-0.1, -0.05) is 36.4 Å². The second-order valence-electron chi connectivity index (χ2n) is 5.60. The molecule has 0 saturated heterocycles. The van der Waals surface area contributed by atoms with Crippen LogP contribution in [0.1, 0.15) is 5.56 Å². The van der Waals surface area contributed by atoms with Gasteiger partial charge in [-0.2, -0.15) is 0 Å². The van der Waals surface area contributed by atoms with E-state index < -0.39 is 4.92 Å². The lowest BCUT2D eigenvalue weighted by Gasteiger charge is -2.08. The highest BCUT2D eigenvalue weighted by molar-refractivity contribution is 8.00. The van der Waals surface area contributed by atoms with Crippen molar-refractivity contribution < 1.29 is 9.72 Å². The lowest BCUT2D eigenvalue weighted by Crippen LogP contribution is -2.15. The molecule has 0 aliphatic rings. The predicted octanol–water partition coefficient (Wildman–Crippen LogP) is 4.79. The Kier molecular flexibility index (Phi) is 5.00. The maximum Gasteiger partial charge on any atom is 0.271 e. The normalized spacial score (nSPS) is 10.6. The van der Waals surface area contributed by atoms with Crippen molar-refractivity contribution >= 4 is 39.8 Å². The molecule has 1 N–H and O–H groups in total. The summed E-state index contributed by atoms with van der Waals surface area (Å²) in [5.41, 5.74) is 1.22. The number of rotatable bonds is 5. The van der Waals surface area contributed by atoms with Gasteiger partial charge < -0.3 is 5.32 Å². The van der Waals surface area contributed by atoms with Crippen LogP contribution >= 0.6 is 11.8 Å². The summed E-state index contributed by atoms with van der Waals surface area (Å²) in [5.74, 6) is 0.0438. The fourth-order valence-corrected chi connectivity index (χ4v) is 3.20. The van der Waals surface area contributed by atoms with E-state index in [4.69, 9.17) is 0 Å². The quantitative estimate of drug-likeness (QED) is 0.407. The number of benzene rings is 3. The number of nitrogens with one attached hydrogen (secondary N) is 1. The van der Waals surface area contributed by atoms with Crippen molar-refractivity contribution in [3.63, 3.8) is 0 Å². The van der Waals surface area contributed by atoms with Gasteiger partial charge in [0.25, 0.3) is 5.69 Å². The highest BCUT2D eigenvalue weighted by Gasteiger charge is 2.11. The minimum Gasteiger partial charge on any atom is -0.325 e. The molecule has 0 bridgehead atoms. The van der Waals surface area contributed by atoms with Gasteiger partial charge in [0.2, 0.25) is 5.91 Å². The molecule has 5 nitrogen and oxygen atoms in total. The first kappa shape index (κ1) is 17.0. The second kappa shape index (κ2) is 7.36. The van der Waals surface area contributed by atoms with Gasteiger partial charge in [-0.05, 0) is 35.4 Å². The fourth-order valence-electron chi connectivity index (χ4n) is 2.45. The SMILES string of the molecule is Cc1ccc([N+](=O)[O-])cc1NC(=O)CSc1ccc2ccccc2c1. The molecule has 0 unspecified atom stereocenters. The highest BCUT2D eigenvalue weighted by atomic mass is 32.2. The Morgan fingerprint density at radius 3 is 2.60 bits per heavy atom. The summed E-state index contributed by atoms with van der Waals surface area (Å²) in [5, 5.41) is 15.9. The van der Waals surface area contributed by atoms with Crippen LogP contribution in [-0.4, -0.2) is 16.6 Å². The zero-order valence-corrected chi connectivity index (χ0v) is 14.4. The molecule has 0 radical (unpaired) electrons. The van der Waals surface area contributed by atoms with E-state index >= 15 is 0 Å². The molecule has 3 rings (SSSR count). The summed E-state index contributed by atoms with van der Waals surface area (Å²) in [6.07, 6.45) is 0. The van der Waals surface area contributed by atoms with Crippen LogP contribution in [0.2, 0.25) is 0 Å². The van der Waals surface area contributed by atoms with Gasteiger partial charge in [-0.25, -0.2) is 0 Å². The molecule has 3 aromatic rings. The third kappa shape index (κ3) is 4.16. The van der Waals surface area contributed by atoms with E-state index in [2.05, 4.69) is 5.32 Å². The number of hydrogen-bond acceptors (Lipinski definition) is 4. The molecule has 6 heteroatoms. The van der Waals surface area contributed by atoms with Crippen LogP contribution in [0.5, 0.6) is 0 Å². The number of nitrogens with zero attached hydrogens (tertiary/aromatic N) is 1. The minimum absolute atomic E-state index is 0.0388. The van der Waals surface area contributed by atoms with E-state index in [0.29, 0.717) is 5.69 Å². The molecule has 0 aliphatic heterocycles. The van der Waals surface area contributed by atoms with Crippen molar-refractivity contribution in [2.45, 2.75) is 11.8 Å². The van der Waals surface area contributed by atoms with Crippen molar-refractivity contribution in [3.8, 4) is 0 Å². The number of carbonyl (C=O) groups is 1. The molecule has 3 aromatic carbocycles. The summed E-state index contributed by atoms with van der Waals surface area (Å²) in [6.45, 7) is 1.80. The van der Waals surface area contributed by atoms with Gasteiger partial charge in [0.05, 0.1) is 16.4 Å². The topological polar surface area (TPSA) is 72.2 Å². The number of hydrogen-bond donors (Lipinski definition) is 1. The summed E-state index contributed by atoms with van der Waals surface area (Å²) < 4.78 is 0. The van der Waals surface area contributed by atoms with Crippen molar-refractivity contribution in [3.05, 3.63) is 76.3 Å². The van der Waals surface area contributed by atoms with E-state index in [1.54, 1.807) is 13.0 Å². The predicted molar refractivity (Wildman–Crippen MR) is 101 cm³/mol. The summed E-state index contributed by atoms with van der Waals surface area (Å²) in [7, 11) is 0. The zero-order valence-electron chi connectivity index (χ0n) is 13.6. The number of carbonyl (C=O) groups excluding carboxylic acids is 1. The zero-order chi connectivity index (χ0) is 17.8. The molecule has 0 aliphatic carbocycles. The van der Waals surface area contributed by atoms with E-state index in [-0.39, 0.29) is 17.3 Å². The van der Waals surface area contributed by atoms with Crippen LogP contribution < -0.4 is 5.32 Å². The van der Waals surface area contributed by atoms with Gasteiger partial charge in [-0.3, -0.25) is 14.9 Å². The monoisotopic (exact) mass is 352 g/mol. The Hall–Kier alpha value is -2.86. The standard InChI is InChI=1S/C19H16N2O3S/c1-13-6-8-16(21(23)24)11-18(13)20-19(22)12-25-17-9-7-14-4-2-3-5-15(14)10-17/h2-11H,12H2,1H3,(H,20,22). The maximum absolute atomic E-state index is 12.2. The van der Waals surface area contributed by atoms with Crippen LogP contribution in [0.25, 0.3) is 10.8 Å². The van der Waals surface area contributed by atoms with Crippen molar-refractivity contribution in [2.75, 3.05) is 11.1 Å². The summed E-state index contributed by atoms with van der Waals surface area (Å²) >= 11 is 1.43. The van der Waals surface area contributed by atoms with Gasteiger partial charge in [0, 0.05) is 17.0 Å². The summed E-state index contributed by atoms with van der Waals surface area (Å²) in [6, 6.07) is 18.5. The third-order valence-corrected chi connectivity index (χ3v) is 4.79. The number of amides is 1. The van der Waals surface area contributed by atoms with Crippen LogP contribution in [-0.2, 0) is 4.79 Å². The van der Waals surface area contributed by atoms with Crippen molar-refractivity contribution in [2.24, 2.45) is 0 Å². The first-order chi connectivity index (χ1) is 12.0. The number of thioether (sulfide) groups is 1. The summed E-state index contributed by atoms with van der Waals surface area (Å²) in [4.78, 5) is 23.6. The Morgan fingerprint density at radius 1 is 1.08 bits per heavy atom. The average Bonchev–Trinajstić information content (AvgIpc) is 2.61. The van der Waals surface area contributed by atoms with Crippen LogP contribution in [0.3, 0.4) is 0 Å². The molecular weight excluding hydrogens is 336 g/mol. The second-order valence-corrected chi connectivity index (χ2v) is 6.65. The Labute approximate surface area is 149 Å². The number of anilines is 1. The molecule has 25 heavy (non-hydrogen) atoms. The van der Waals surface area contributed by atoms with Crippen LogP contribution in [0.4, 0.5) is 11.4 Å². The molecule has 126 valence electrons. The lowest BCUT2D eigenvalue weighted by atomic mass is 10.1. The Bertz CT molecular complexity index is 956. The van der Waals surface area contributed by atoms with Gasteiger partial charge in [-0.15, -0.1) is 11.8 Å². The molecule has 0 aromatic heterocycles. The fraction of sp³-hybridized carbons (Fsp3) is 0.105. The van der Waals surface area contributed by atoms with Crippen molar-refractivity contribution in [1.29, 1.82) is 0 Å². The smallest absolute Gasteiger partial charge is 0.271 e. The van der Waals surface area contributed by atoms with Gasteiger partial charge in [0.1, 0.15) is 0 Å². The van der Waals surface area contributed by atoms with E-state index in [9.17, 15) is 14.9 Å². The molecule has 0 fully saturated rings. The van der Waals surface area contributed by atoms with Crippen LogP contribution in [0.15, 0.2) is 65.6 Å². The molecule has 0 atom stereocenters. The van der Waals surface area contributed by atoms with E-state index in [1.165, 1.54) is 23.9 Å². The largest absolute Gasteiger partial charge is 0.325 e. The average molecular weight is 352 g/mol. The number of aryl methyl sites for hydroxylation is 1. The molecule has 0 saturated carbocycles. The Morgan fingerprint density at radius 2 is 1.84 bits per heavy atom. The number of nitro benzene ring substituents is 1. The van der Waals surface area contributed by atoms with Crippen molar-refractivity contribution in [1.82, 2.24) is 0 Å². The first-order valence-corrected chi connectivity index (χ1v) is 8.68. The number of fused-ring (bicyclic) bond motifs is 1. The molecule has 0 spiro atoms. The van der Waals surface area contributed by atoms with Crippen LogP contribution in [0, 0.1) is 17.0 Å². The molecule has 1 amide bonds. The molecular formula is C19H16N2O3S. The number of non-ortho nitro benzene ring substituents is 1. The minimum atomic E-state index is -0.473. The van der Waals surface area contributed by atoms with E-state index in [1.807, 2.05) is 42.5 Å². The maximum atomic E-state index is 12.2.